The topological polar surface area (TPSA) is 61.8 Å². The standard InChI is InChI=1S/C17H11F3O5/c18-17(19,20)12-4-2-1-3-11(12)16(22)23-8-13(21)10-5-6-14-15(7-10)25-9-24-14/h1-7H,8-9H2. The van der Waals surface area contributed by atoms with Crippen LogP contribution in [0.3, 0.4) is 0 Å². The fourth-order valence-corrected chi connectivity index (χ4v) is 2.27. The van der Waals surface area contributed by atoms with E-state index in [4.69, 9.17) is 14.2 Å². The molecule has 25 heavy (non-hydrogen) atoms. The van der Waals surface area contributed by atoms with Crippen molar-refractivity contribution in [2.24, 2.45) is 0 Å². The highest BCUT2D eigenvalue weighted by molar-refractivity contribution is 6.00. The van der Waals surface area contributed by atoms with Gasteiger partial charge in [-0.3, -0.25) is 4.79 Å². The zero-order valence-corrected chi connectivity index (χ0v) is 12.6. The molecule has 0 radical (unpaired) electrons. The number of Topliss-reactive ketones (excluding diaryl/α,β-unsaturated/α-hetero) is 1. The fraction of sp³-hybridized carbons (Fsp3) is 0.176. The molecule has 2 aromatic rings. The molecule has 0 saturated heterocycles. The third-order valence-corrected chi connectivity index (χ3v) is 3.48. The summed E-state index contributed by atoms with van der Waals surface area (Å²) in [6, 6.07) is 8.61. The number of carbonyl (C=O) groups excluding carboxylic acids is 2. The molecule has 1 heterocycles. The van der Waals surface area contributed by atoms with E-state index in [1.165, 1.54) is 24.3 Å². The summed E-state index contributed by atoms with van der Waals surface area (Å²) in [5, 5.41) is 0. The van der Waals surface area contributed by atoms with E-state index in [2.05, 4.69) is 0 Å². The average molecular weight is 352 g/mol. The van der Waals surface area contributed by atoms with Crippen LogP contribution in [0.15, 0.2) is 42.5 Å². The number of hydrogen-bond acceptors (Lipinski definition) is 5. The molecular weight excluding hydrogens is 341 g/mol. The van der Waals surface area contributed by atoms with Gasteiger partial charge in [0.1, 0.15) is 0 Å². The van der Waals surface area contributed by atoms with Crippen molar-refractivity contribution >= 4 is 11.8 Å². The van der Waals surface area contributed by atoms with Gasteiger partial charge >= 0.3 is 12.1 Å². The number of ether oxygens (including phenoxy) is 3. The summed E-state index contributed by atoms with van der Waals surface area (Å²) in [6.45, 7) is -0.652. The van der Waals surface area contributed by atoms with Crippen LogP contribution in [0.2, 0.25) is 0 Å². The molecule has 0 atom stereocenters. The van der Waals surface area contributed by atoms with Crippen molar-refractivity contribution in [3.8, 4) is 11.5 Å². The Bertz CT molecular complexity index is 829. The summed E-state index contributed by atoms with van der Waals surface area (Å²) in [4.78, 5) is 24.0. The Hall–Kier alpha value is -3.03. The molecule has 130 valence electrons. The van der Waals surface area contributed by atoms with E-state index < -0.39 is 35.7 Å². The van der Waals surface area contributed by atoms with E-state index in [-0.39, 0.29) is 12.4 Å². The van der Waals surface area contributed by atoms with Crippen LogP contribution < -0.4 is 9.47 Å². The second-order valence-corrected chi connectivity index (χ2v) is 5.11. The number of halogens is 3. The molecule has 8 heteroatoms. The Kier molecular flexibility index (Phi) is 4.35. The highest BCUT2D eigenvalue weighted by Crippen LogP contribution is 2.33. The SMILES string of the molecule is O=C(COC(=O)c1ccccc1C(F)(F)F)c1ccc2c(c1)OCO2. The lowest BCUT2D eigenvalue weighted by Crippen LogP contribution is -2.18. The molecule has 0 unspecified atom stereocenters. The summed E-state index contributed by atoms with van der Waals surface area (Å²) >= 11 is 0. The largest absolute Gasteiger partial charge is 0.454 e. The molecule has 0 spiro atoms. The number of fused-ring (bicyclic) bond motifs is 1. The molecule has 0 aliphatic carbocycles. The fourth-order valence-electron chi connectivity index (χ4n) is 2.27. The first-order valence-electron chi connectivity index (χ1n) is 7.12. The summed E-state index contributed by atoms with van der Waals surface area (Å²) in [7, 11) is 0. The van der Waals surface area contributed by atoms with Gasteiger partial charge in [0.05, 0.1) is 11.1 Å². The van der Waals surface area contributed by atoms with Gasteiger partial charge in [0.25, 0.3) is 0 Å². The van der Waals surface area contributed by atoms with E-state index in [0.717, 1.165) is 18.2 Å². The second kappa shape index (κ2) is 6.46. The predicted octanol–water partition coefficient (Wildman–Crippen LogP) is 3.47. The van der Waals surface area contributed by atoms with Crippen LogP contribution in [0.4, 0.5) is 13.2 Å². The van der Waals surface area contributed by atoms with Gasteiger partial charge in [0.15, 0.2) is 23.9 Å². The molecule has 0 N–H and O–H groups in total. The maximum absolute atomic E-state index is 12.9. The lowest BCUT2D eigenvalue weighted by Gasteiger charge is -2.12. The lowest BCUT2D eigenvalue weighted by atomic mass is 10.1. The van der Waals surface area contributed by atoms with Crippen LogP contribution in [0.25, 0.3) is 0 Å². The van der Waals surface area contributed by atoms with Crippen LogP contribution in [-0.2, 0) is 10.9 Å². The highest BCUT2D eigenvalue weighted by atomic mass is 19.4. The van der Waals surface area contributed by atoms with Crippen LogP contribution in [0.5, 0.6) is 11.5 Å². The first kappa shape index (κ1) is 16.8. The van der Waals surface area contributed by atoms with E-state index in [1.54, 1.807) is 0 Å². The summed E-state index contributed by atoms with van der Waals surface area (Å²) in [6.07, 6.45) is -4.70. The van der Waals surface area contributed by atoms with E-state index >= 15 is 0 Å². The third kappa shape index (κ3) is 3.57. The van der Waals surface area contributed by atoms with Gasteiger partial charge in [-0.25, -0.2) is 4.79 Å². The quantitative estimate of drug-likeness (QED) is 0.623. The summed E-state index contributed by atoms with van der Waals surface area (Å²) < 4.78 is 53.7. The number of ketones is 1. The van der Waals surface area contributed by atoms with E-state index in [0.29, 0.717) is 11.5 Å². The minimum atomic E-state index is -4.70. The zero-order valence-electron chi connectivity index (χ0n) is 12.6. The second-order valence-electron chi connectivity index (χ2n) is 5.11. The Morgan fingerprint density at radius 2 is 1.76 bits per heavy atom. The molecule has 1 aliphatic rings. The van der Waals surface area contributed by atoms with Crippen molar-refractivity contribution in [1.29, 1.82) is 0 Å². The van der Waals surface area contributed by atoms with Crippen molar-refractivity contribution in [2.75, 3.05) is 13.4 Å². The van der Waals surface area contributed by atoms with Crippen molar-refractivity contribution in [3.63, 3.8) is 0 Å². The Labute approximate surface area is 139 Å². The first-order valence-corrected chi connectivity index (χ1v) is 7.12. The third-order valence-electron chi connectivity index (χ3n) is 3.48. The minimum absolute atomic E-state index is 0.0379. The van der Waals surface area contributed by atoms with Gasteiger partial charge in [0.2, 0.25) is 6.79 Å². The van der Waals surface area contributed by atoms with Crippen molar-refractivity contribution in [3.05, 3.63) is 59.2 Å². The number of hydrogen-bond donors (Lipinski definition) is 0. The van der Waals surface area contributed by atoms with Crippen LogP contribution in [0.1, 0.15) is 26.3 Å². The van der Waals surface area contributed by atoms with E-state index in [1.807, 2.05) is 0 Å². The molecule has 0 saturated carbocycles. The molecule has 0 amide bonds. The van der Waals surface area contributed by atoms with Crippen molar-refractivity contribution in [2.45, 2.75) is 6.18 Å². The van der Waals surface area contributed by atoms with Gasteiger partial charge in [-0.15, -0.1) is 0 Å². The maximum Gasteiger partial charge on any atom is 0.417 e. The molecule has 3 rings (SSSR count). The zero-order chi connectivity index (χ0) is 18.0. The molecule has 0 fully saturated rings. The van der Waals surface area contributed by atoms with Crippen LogP contribution in [-0.4, -0.2) is 25.2 Å². The molecule has 1 aliphatic heterocycles. The number of benzene rings is 2. The molecule has 0 aromatic heterocycles. The van der Waals surface area contributed by atoms with Gasteiger partial charge in [0, 0.05) is 5.56 Å². The van der Waals surface area contributed by atoms with Gasteiger partial charge < -0.3 is 14.2 Å². The van der Waals surface area contributed by atoms with Gasteiger partial charge in [-0.05, 0) is 30.3 Å². The summed E-state index contributed by atoms with van der Waals surface area (Å²) in [5.41, 5.74) is -1.56. The van der Waals surface area contributed by atoms with Gasteiger partial charge in [-0.2, -0.15) is 13.2 Å². The summed E-state index contributed by atoms with van der Waals surface area (Å²) in [5.74, 6) is -0.939. The van der Waals surface area contributed by atoms with Crippen molar-refractivity contribution in [1.82, 2.24) is 0 Å². The Morgan fingerprint density at radius 3 is 2.52 bits per heavy atom. The molecule has 5 nitrogen and oxygen atoms in total. The normalized spacial score (nSPS) is 12.8. The monoisotopic (exact) mass is 352 g/mol. The van der Waals surface area contributed by atoms with E-state index in [9.17, 15) is 22.8 Å². The Balaban J connectivity index is 1.70. The predicted molar refractivity (Wildman–Crippen MR) is 78.6 cm³/mol. The minimum Gasteiger partial charge on any atom is -0.454 e. The number of rotatable bonds is 4. The first-order chi connectivity index (χ1) is 11.9. The number of esters is 1. The van der Waals surface area contributed by atoms with Crippen molar-refractivity contribution < 1.29 is 37.0 Å². The maximum atomic E-state index is 12.9. The molecular formula is C17H11F3O5. The Morgan fingerprint density at radius 1 is 1.04 bits per heavy atom. The molecule has 0 bridgehead atoms. The van der Waals surface area contributed by atoms with Crippen LogP contribution >= 0.6 is 0 Å². The smallest absolute Gasteiger partial charge is 0.417 e. The number of carbonyl (C=O) groups is 2. The van der Waals surface area contributed by atoms with Gasteiger partial charge in [-0.1, -0.05) is 12.1 Å². The lowest BCUT2D eigenvalue weighted by molar-refractivity contribution is -0.138. The van der Waals surface area contributed by atoms with Crippen LogP contribution in [0, 0.1) is 0 Å². The highest BCUT2D eigenvalue weighted by Gasteiger charge is 2.35. The average Bonchev–Trinajstić information content (AvgIpc) is 3.06. The number of alkyl halides is 3. The molecule has 2 aromatic carbocycles.